The van der Waals surface area contributed by atoms with Gasteiger partial charge in [-0.2, -0.15) is 0 Å². The number of hydrogen-bond acceptors (Lipinski definition) is 8. The van der Waals surface area contributed by atoms with E-state index in [9.17, 15) is 24.0 Å². The molecule has 0 spiro atoms. The van der Waals surface area contributed by atoms with Crippen LogP contribution in [0.5, 0.6) is 5.75 Å². The summed E-state index contributed by atoms with van der Waals surface area (Å²) in [6, 6.07) is 5.54. The number of aldehydes is 1. The summed E-state index contributed by atoms with van der Waals surface area (Å²) in [4.78, 5) is 74.1. The van der Waals surface area contributed by atoms with Crippen LogP contribution < -0.4 is 20.7 Å². The van der Waals surface area contributed by atoms with Crippen molar-refractivity contribution in [1.82, 2.24) is 30.8 Å². The number of benzene rings is 1. The van der Waals surface area contributed by atoms with Crippen LogP contribution in [0.15, 0.2) is 48.9 Å². The van der Waals surface area contributed by atoms with E-state index in [1.54, 1.807) is 46.8 Å². The van der Waals surface area contributed by atoms with Gasteiger partial charge in [0.05, 0.1) is 18.8 Å². The molecular formula is C30H40N6O6. The normalized spacial score (nSPS) is 18.6. The van der Waals surface area contributed by atoms with Gasteiger partial charge in [0, 0.05) is 18.8 Å². The van der Waals surface area contributed by atoms with Crippen LogP contribution in [0.3, 0.4) is 0 Å². The third-order valence-electron chi connectivity index (χ3n) is 7.09. The van der Waals surface area contributed by atoms with Gasteiger partial charge in [-0.15, -0.1) is 0 Å². The number of nitrogens with one attached hydrogen (secondary N) is 3. The summed E-state index contributed by atoms with van der Waals surface area (Å²) in [5.74, 6) is -2.09. The molecular weight excluding hydrogens is 540 g/mol. The number of rotatable bonds is 13. The second-order valence-electron chi connectivity index (χ2n) is 11.0. The van der Waals surface area contributed by atoms with Crippen LogP contribution in [0.1, 0.15) is 57.9 Å². The van der Waals surface area contributed by atoms with Gasteiger partial charge in [0.15, 0.2) is 0 Å². The highest BCUT2D eigenvalue weighted by Crippen LogP contribution is 2.25. The third kappa shape index (κ3) is 8.34. The van der Waals surface area contributed by atoms with Crippen molar-refractivity contribution in [3.63, 3.8) is 0 Å². The Bertz CT molecular complexity index is 1230. The van der Waals surface area contributed by atoms with Crippen molar-refractivity contribution in [3.8, 4) is 5.75 Å². The fraction of sp³-hybridized carbons (Fsp3) is 0.500. The summed E-state index contributed by atoms with van der Waals surface area (Å²) in [6.07, 6.45) is 4.90. The number of likely N-dealkylation sites (tertiary alicyclic amines) is 1. The van der Waals surface area contributed by atoms with Crippen molar-refractivity contribution in [2.75, 3.05) is 6.54 Å². The Hall–Kier alpha value is -4.35. The van der Waals surface area contributed by atoms with Crippen LogP contribution in [0.2, 0.25) is 0 Å². The van der Waals surface area contributed by atoms with Gasteiger partial charge in [0.2, 0.25) is 17.7 Å². The van der Waals surface area contributed by atoms with E-state index in [0.29, 0.717) is 18.5 Å². The molecule has 0 unspecified atom stereocenters. The number of carbonyl (C=O) groups excluding carboxylic acids is 5. The maximum atomic E-state index is 14.0. The molecule has 12 heteroatoms. The molecule has 1 aliphatic heterocycles. The monoisotopic (exact) mass is 580 g/mol. The van der Waals surface area contributed by atoms with Gasteiger partial charge < -0.3 is 30.4 Å². The molecule has 12 nitrogen and oxygen atoms in total. The molecule has 0 aliphatic carbocycles. The molecule has 1 aliphatic rings. The highest BCUT2D eigenvalue weighted by atomic mass is 16.5. The van der Waals surface area contributed by atoms with Crippen molar-refractivity contribution in [2.45, 2.75) is 77.7 Å². The fourth-order valence-corrected chi connectivity index (χ4v) is 4.68. The molecule has 42 heavy (non-hydrogen) atoms. The Balaban J connectivity index is 1.81. The van der Waals surface area contributed by atoms with E-state index in [0.717, 1.165) is 0 Å². The Morgan fingerprint density at radius 2 is 1.69 bits per heavy atom. The average Bonchev–Trinajstić information content (AvgIpc) is 3.41. The first-order valence-electron chi connectivity index (χ1n) is 14.2. The summed E-state index contributed by atoms with van der Waals surface area (Å²) < 4.78 is 6.08. The van der Waals surface area contributed by atoms with E-state index in [1.807, 2.05) is 18.2 Å². The molecule has 1 aromatic carbocycles. The molecule has 0 bridgehead atoms. The molecule has 0 saturated carbocycles. The lowest BCUT2D eigenvalue weighted by atomic mass is 9.98. The summed E-state index contributed by atoms with van der Waals surface area (Å²) in [6.45, 7) is 9.01. The number of nitrogens with zero attached hydrogens (tertiary/aromatic N) is 3. The smallest absolute Gasteiger partial charge is 0.272 e. The number of para-hydroxylation sites is 1. The van der Waals surface area contributed by atoms with Crippen LogP contribution in [-0.4, -0.2) is 81.6 Å². The van der Waals surface area contributed by atoms with Gasteiger partial charge in [0.25, 0.3) is 5.91 Å². The van der Waals surface area contributed by atoms with Gasteiger partial charge in [-0.05, 0) is 30.4 Å². The number of amides is 4. The maximum Gasteiger partial charge on any atom is 0.272 e. The number of hydrogen-bond donors (Lipinski definition) is 3. The van der Waals surface area contributed by atoms with Crippen LogP contribution in [0.4, 0.5) is 0 Å². The summed E-state index contributed by atoms with van der Waals surface area (Å²) >= 11 is 0. The standard InChI is InChI=1S/C30H40N6O6/c1-6-20(17-37)33-28(39)24-14-22(42-21-10-8-7-9-11-21)16-36(24)30(41)26(19(4)5)35-29(40)25(18(2)3)34-27(38)23-15-31-12-13-32-23/h7-13,15,17-20,22,24-26H,6,14,16H2,1-5H3,(H,33,39)(H,34,38)(H,35,40)/t20-,22+,24-,25+,26+/m0/s1. The lowest BCUT2D eigenvalue weighted by Gasteiger charge is -2.32. The molecule has 4 amide bonds. The van der Waals surface area contributed by atoms with E-state index in [1.165, 1.54) is 23.5 Å². The predicted octanol–water partition coefficient (Wildman–Crippen LogP) is 1.51. The van der Waals surface area contributed by atoms with E-state index in [2.05, 4.69) is 25.9 Å². The molecule has 3 rings (SSSR count). The van der Waals surface area contributed by atoms with E-state index >= 15 is 0 Å². The molecule has 3 N–H and O–H groups in total. The molecule has 226 valence electrons. The minimum absolute atomic E-state index is 0.0588. The molecule has 5 atom stereocenters. The highest BCUT2D eigenvalue weighted by Gasteiger charge is 2.44. The van der Waals surface area contributed by atoms with E-state index in [4.69, 9.17) is 4.74 Å². The molecule has 2 heterocycles. The lowest BCUT2D eigenvalue weighted by Crippen LogP contribution is -2.59. The van der Waals surface area contributed by atoms with Gasteiger partial charge >= 0.3 is 0 Å². The molecule has 1 fully saturated rings. The Labute approximate surface area is 246 Å². The molecule has 2 aromatic rings. The van der Waals surface area contributed by atoms with Crippen molar-refractivity contribution in [2.24, 2.45) is 11.8 Å². The zero-order chi connectivity index (χ0) is 30.8. The second-order valence-corrected chi connectivity index (χ2v) is 11.0. The Morgan fingerprint density at radius 1 is 1.00 bits per heavy atom. The Kier molecular flexibility index (Phi) is 11.5. The van der Waals surface area contributed by atoms with Crippen LogP contribution in [0.25, 0.3) is 0 Å². The van der Waals surface area contributed by atoms with Crippen molar-refractivity contribution >= 4 is 29.9 Å². The number of carbonyl (C=O) groups is 5. The summed E-state index contributed by atoms with van der Waals surface area (Å²) in [5, 5.41) is 8.20. The first-order valence-corrected chi connectivity index (χ1v) is 14.2. The van der Waals surface area contributed by atoms with Crippen molar-refractivity contribution in [1.29, 1.82) is 0 Å². The number of aromatic nitrogens is 2. The fourth-order valence-electron chi connectivity index (χ4n) is 4.68. The van der Waals surface area contributed by atoms with Crippen molar-refractivity contribution < 1.29 is 28.7 Å². The van der Waals surface area contributed by atoms with Crippen molar-refractivity contribution in [3.05, 3.63) is 54.6 Å². The first-order chi connectivity index (χ1) is 20.0. The zero-order valence-corrected chi connectivity index (χ0v) is 24.7. The minimum Gasteiger partial charge on any atom is -0.488 e. The van der Waals surface area contributed by atoms with Crippen LogP contribution in [0, 0.1) is 11.8 Å². The van der Waals surface area contributed by atoms with Crippen LogP contribution >= 0.6 is 0 Å². The largest absolute Gasteiger partial charge is 0.488 e. The quantitative estimate of drug-likeness (QED) is 0.301. The molecule has 0 radical (unpaired) electrons. The SMILES string of the molecule is CC[C@@H](C=O)NC(=O)[C@@H]1C[C@@H](Oc2ccccc2)CN1C(=O)[C@H](NC(=O)[C@H](NC(=O)c1cnccn1)C(C)C)C(C)C. The van der Waals surface area contributed by atoms with Gasteiger partial charge in [-0.25, -0.2) is 4.98 Å². The highest BCUT2D eigenvalue weighted by molar-refractivity contribution is 5.98. The Morgan fingerprint density at radius 3 is 2.26 bits per heavy atom. The molecule has 1 saturated heterocycles. The third-order valence-corrected chi connectivity index (χ3v) is 7.09. The zero-order valence-electron chi connectivity index (χ0n) is 24.7. The molecule has 1 aromatic heterocycles. The maximum absolute atomic E-state index is 14.0. The average molecular weight is 581 g/mol. The van der Waals surface area contributed by atoms with E-state index in [-0.39, 0.29) is 30.5 Å². The van der Waals surface area contributed by atoms with Gasteiger partial charge in [-0.1, -0.05) is 52.8 Å². The first kappa shape index (κ1) is 32.2. The number of ether oxygens (including phenoxy) is 1. The summed E-state index contributed by atoms with van der Waals surface area (Å²) in [5.41, 5.74) is 0.0588. The minimum atomic E-state index is -0.994. The van der Waals surface area contributed by atoms with Gasteiger partial charge in [0.1, 0.15) is 42.0 Å². The topological polar surface area (TPSA) is 160 Å². The lowest BCUT2D eigenvalue weighted by molar-refractivity contribution is -0.143. The van der Waals surface area contributed by atoms with Gasteiger partial charge in [-0.3, -0.25) is 24.2 Å². The predicted molar refractivity (Wildman–Crippen MR) is 154 cm³/mol. The van der Waals surface area contributed by atoms with Crippen LogP contribution in [-0.2, 0) is 19.2 Å². The summed E-state index contributed by atoms with van der Waals surface area (Å²) in [7, 11) is 0. The second kappa shape index (κ2) is 15.0. The van der Waals surface area contributed by atoms with E-state index < -0.39 is 53.9 Å².